The van der Waals surface area contributed by atoms with Crippen LogP contribution in [0.1, 0.15) is 33.4 Å². The molecule has 0 aliphatic heterocycles. The number of alkyl carbamates (subject to hydrolysis) is 1. The Morgan fingerprint density at radius 3 is 1.90 bits per heavy atom. The van der Waals surface area contributed by atoms with Gasteiger partial charge in [0.1, 0.15) is 5.75 Å². The lowest BCUT2D eigenvalue weighted by Gasteiger charge is -2.28. The molecule has 2 unspecified atom stereocenters. The molecule has 0 bridgehead atoms. The third kappa shape index (κ3) is 4.82. The first-order chi connectivity index (χ1) is 14.1. The normalized spacial score (nSPS) is 12.5. The summed E-state index contributed by atoms with van der Waals surface area (Å²) < 4.78 is 10.1. The highest BCUT2D eigenvalue weighted by molar-refractivity contribution is 6.01. The standard InChI is InChI=1S/C24H23NO4/c1-28-20-15-13-17(14-16-20)21(23(26)19-11-7-4-8-12-19)22(25-24(27)29-2)18-9-5-3-6-10-18/h3-16,21-22H,1-2H3,(H,25,27). The lowest BCUT2D eigenvalue weighted by Crippen LogP contribution is -2.35. The Morgan fingerprint density at radius 1 is 0.759 bits per heavy atom. The fourth-order valence-corrected chi connectivity index (χ4v) is 3.29. The molecule has 0 fully saturated rings. The number of methoxy groups -OCH3 is 2. The van der Waals surface area contributed by atoms with Crippen LogP contribution in [-0.2, 0) is 4.74 Å². The molecule has 0 heterocycles. The highest BCUT2D eigenvalue weighted by Gasteiger charge is 2.33. The molecule has 2 atom stereocenters. The van der Waals surface area contributed by atoms with E-state index in [1.807, 2.05) is 60.7 Å². The molecule has 3 aromatic carbocycles. The second-order valence-corrected chi connectivity index (χ2v) is 6.51. The Kier molecular flexibility index (Phi) is 6.63. The average molecular weight is 389 g/mol. The highest BCUT2D eigenvalue weighted by atomic mass is 16.5. The molecular formula is C24H23NO4. The van der Waals surface area contributed by atoms with Gasteiger partial charge in [-0.2, -0.15) is 0 Å². The van der Waals surface area contributed by atoms with E-state index >= 15 is 0 Å². The van der Waals surface area contributed by atoms with Gasteiger partial charge in [-0.1, -0.05) is 72.8 Å². The number of carbonyl (C=O) groups excluding carboxylic acids is 2. The van der Waals surface area contributed by atoms with Crippen LogP contribution < -0.4 is 10.1 Å². The first kappa shape index (κ1) is 20.1. The predicted molar refractivity (Wildman–Crippen MR) is 111 cm³/mol. The molecule has 0 aromatic heterocycles. The smallest absolute Gasteiger partial charge is 0.407 e. The van der Waals surface area contributed by atoms with Crippen LogP contribution in [0.2, 0.25) is 0 Å². The van der Waals surface area contributed by atoms with Gasteiger partial charge in [0.2, 0.25) is 0 Å². The van der Waals surface area contributed by atoms with Crippen LogP contribution in [0.5, 0.6) is 5.75 Å². The maximum Gasteiger partial charge on any atom is 0.407 e. The maximum absolute atomic E-state index is 13.6. The Hall–Kier alpha value is -3.60. The van der Waals surface area contributed by atoms with Gasteiger partial charge in [-0.05, 0) is 23.3 Å². The van der Waals surface area contributed by atoms with Gasteiger partial charge in [-0.15, -0.1) is 0 Å². The third-order valence-corrected chi connectivity index (χ3v) is 4.77. The number of Topliss-reactive ketones (excluding diaryl/α,β-unsaturated/α-hetero) is 1. The van der Waals surface area contributed by atoms with Crippen molar-refractivity contribution in [2.24, 2.45) is 0 Å². The molecule has 1 amide bonds. The largest absolute Gasteiger partial charge is 0.497 e. The van der Waals surface area contributed by atoms with Crippen molar-refractivity contribution in [1.82, 2.24) is 5.32 Å². The van der Waals surface area contributed by atoms with E-state index in [-0.39, 0.29) is 5.78 Å². The molecule has 5 heteroatoms. The minimum absolute atomic E-state index is 0.0963. The van der Waals surface area contributed by atoms with Gasteiger partial charge in [0, 0.05) is 5.56 Å². The quantitative estimate of drug-likeness (QED) is 0.592. The molecule has 5 nitrogen and oxygen atoms in total. The number of ether oxygens (including phenoxy) is 2. The molecule has 29 heavy (non-hydrogen) atoms. The number of benzene rings is 3. The van der Waals surface area contributed by atoms with Crippen LogP contribution in [0.3, 0.4) is 0 Å². The van der Waals surface area contributed by atoms with E-state index in [0.29, 0.717) is 11.3 Å². The summed E-state index contributed by atoms with van der Waals surface area (Å²) in [5, 5.41) is 2.85. The SMILES string of the molecule is COC(=O)NC(c1ccccc1)C(C(=O)c1ccccc1)c1ccc(OC)cc1. The van der Waals surface area contributed by atoms with Crippen molar-refractivity contribution in [2.45, 2.75) is 12.0 Å². The molecule has 0 spiro atoms. The zero-order chi connectivity index (χ0) is 20.6. The van der Waals surface area contributed by atoms with Gasteiger partial charge in [-0.3, -0.25) is 4.79 Å². The summed E-state index contributed by atoms with van der Waals surface area (Å²) in [4.78, 5) is 25.7. The van der Waals surface area contributed by atoms with Crippen LogP contribution in [0.4, 0.5) is 4.79 Å². The fraction of sp³-hybridized carbons (Fsp3) is 0.167. The second-order valence-electron chi connectivity index (χ2n) is 6.51. The van der Waals surface area contributed by atoms with E-state index in [2.05, 4.69) is 5.32 Å². The van der Waals surface area contributed by atoms with E-state index in [0.717, 1.165) is 11.1 Å². The Balaban J connectivity index is 2.11. The summed E-state index contributed by atoms with van der Waals surface area (Å²) in [5.74, 6) is -0.0531. The topological polar surface area (TPSA) is 64.6 Å². The number of carbonyl (C=O) groups is 2. The lowest BCUT2D eigenvalue weighted by molar-refractivity contribution is 0.0936. The van der Waals surface area contributed by atoms with Crippen LogP contribution in [0.15, 0.2) is 84.9 Å². The number of hydrogen-bond acceptors (Lipinski definition) is 4. The van der Waals surface area contributed by atoms with Crippen molar-refractivity contribution < 1.29 is 19.1 Å². The van der Waals surface area contributed by atoms with Crippen molar-refractivity contribution in [3.05, 3.63) is 102 Å². The molecule has 3 rings (SSSR count). The van der Waals surface area contributed by atoms with E-state index in [1.54, 1.807) is 31.4 Å². The van der Waals surface area contributed by atoms with E-state index in [1.165, 1.54) is 7.11 Å². The van der Waals surface area contributed by atoms with Gasteiger partial charge >= 0.3 is 6.09 Å². The van der Waals surface area contributed by atoms with Crippen molar-refractivity contribution in [3.63, 3.8) is 0 Å². The van der Waals surface area contributed by atoms with Gasteiger partial charge in [-0.25, -0.2) is 4.79 Å². The molecule has 0 aliphatic carbocycles. The van der Waals surface area contributed by atoms with E-state index in [4.69, 9.17) is 9.47 Å². The highest BCUT2D eigenvalue weighted by Crippen LogP contribution is 2.35. The number of nitrogens with one attached hydrogen (secondary N) is 1. The number of hydrogen-bond donors (Lipinski definition) is 1. The minimum atomic E-state index is -0.648. The molecule has 1 N–H and O–H groups in total. The van der Waals surface area contributed by atoms with Gasteiger partial charge in [0.05, 0.1) is 26.2 Å². The van der Waals surface area contributed by atoms with Crippen LogP contribution in [-0.4, -0.2) is 26.1 Å². The summed E-state index contributed by atoms with van der Waals surface area (Å²) in [7, 11) is 2.89. The predicted octanol–water partition coefficient (Wildman–Crippen LogP) is 4.76. The molecule has 0 radical (unpaired) electrons. The summed E-state index contributed by atoms with van der Waals surface area (Å²) >= 11 is 0. The minimum Gasteiger partial charge on any atom is -0.497 e. The summed E-state index contributed by atoms with van der Waals surface area (Å²) in [6, 6.07) is 25.2. The van der Waals surface area contributed by atoms with Gasteiger partial charge in [0.15, 0.2) is 5.78 Å². The molecule has 0 saturated heterocycles. The third-order valence-electron chi connectivity index (χ3n) is 4.77. The van der Waals surface area contributed by atoms with Gasteiger partial charge < -0.3 is 14.8 Å². The van der Waals surface area contributed by atoms with Crippen LogP contribution in [0, 0.1) is 0 Å². The average Bonchev–Trinajstić information content (AvgIpc) is 2.80. The van der Waals surface area contributed by atoms with E-state index < -0.39 is 18.1 Å². The monoisotopic (exact) mass is 389 g/mol. The number of ketones is 1. The van der Waals surface area contributed by atoms with Crippen molar-refractivity contribution in [1.29, 1.82) is 0 Å². The van der Waals surface area contributed by atoms with Crippen LogP contribution >= 0.6 is 0 Å². The van der Waals surface area contributed by atoms with Crippen LogP contribution in [0.25, 0.3) is 0 Å². The van der Waals surface area contributed by atoms with Gasteiger partial charge in [0.25, 0.3) is 0 Å². The van der Waals surface area contributed by atoms with E-state index in [9.17, 15) is 9.59 Å². The zero-order valence-corrected chi connectivity index (χ0v) is 16.4. The zero-order valence-electron chi connectivity index (χ0n) is 16.4. The Labute approximate surface area is 170 Å². The number of amides is 1. The Morgan fingerprint density at radius 2 is 1.34 bits per heavy atom. The lowest BCUT2D eigenvalue weighted by atomic mass is 9.81. The fourth-order valence-electron chi connectivity index (χ4n) is 3.29. The van der Waals surface area contributed by atoms with Crippen molar-refractivity contribution in [2.75, 3.05) is 14.2 Å². The molecule has 148 valence electrons. The molecule has 0 saturated carbocycles. The first-order valence-corrected chi connectivity index (χ1v) is 9.26. The maximum atomic E-state index is 13.6. The molecule has 3 aromatic rings. The van der Waals surface area contributed by atoms with Crippen molar-refractivity contribution in [3.8, 4) is 5.75 Å². The second kappa shape index (κ2) is 9.55. The van der Waals surface area contributed by atoms with Crippen molar-refractivity contribution >= 4 is 11.9 Å². The summed E-state index contributed by atoms with van der Waals surface area (Å²) in [5.41, 5.74) is 2.15. The summed E-state index contributed by atoms with van der Waals surface area (Å²) in [6.45, 7) is 0. The molecule has 0 aliphatic rings. The Bertz CT molecular complexity index is 940. The number of rotatable bonds is 7. The molecular weight excluding hydrogens is 366 g/mol. The first-order valence-electron chi connectivity index (χ1n) is 9.26. The summed E-state index contributed by atoms with van der Waals surface area (Å²) in [6.07, 6.45) is -0.599.